The van der Waals surface area contributed by atoms with Crippen molar-refractivity contribution in [2.24, 2.45) is 0 Å². The minimum absolute atomic E-state index is 0.0416. The van der Waals surface area contributed by atoms with Crippen LogP contribution in [0.1, 0.15) is 32.6 Å². The monoisotopic (exact) mass is 323 g/mol. The molecule has 1 saturated carbocycles. The molecule has 3 nitrogen and oxygen atoms in total. The Morgan fingerprint density at radius 3 is 2.24 bits per heavy atom. The Hall–Kier alpha value is -0.540. The summed E-state index contributed by atoms with van der Waals surface area (Å²) in [4.78, 5) is 0. The number of hydrogen-bond donors (Lipinski definition) is 2. The highest BCUT2D eigenvalue weighted by atomic mass is 19.4. The van der Waals surface area contributed by atoms with E-state index in [1.54, 1.807) is 0 Å². The van der Waals surface area contributed by atoms with Gasteiger partial charge in [-0.1, -0.05) is 6.92 Å². The molecule has 2 atom stereocenters. The van der Waals surface area contributed by atoms with Gasteiger partial charge in [0.05, 0.1) is 12.7 Å². The van der Waals surface area contributed by atoms with E-state index in [4.69, 9.17) is 0 Å². The molecule has 0 spiro atoms. The lowest BCUT2D eigenvalue weighted by Crippen LogP contribution is -2.49. The molecule has 2 unspecified atom stereocenters. The summed E-state index contributed by atoms with van der Waals surface area (Å²) in [5.74, 6) is 0. The number of nitrogens with one attached hydrogen (secondary N) is 1. The molecule has 1 rings (SSSR count). The van der Waals surface area contributed by atoms with Crippen LogP contribution in [0.3, 0.4) is 0 Å². The maximum atomic E-state index is 12.4. The summed E-state index contributed by atoms with van der Waals surface area (Å²) in [5.41, 5.74) is -0.859. The third-order valence-electron chi connectivity index (χ3n) is 3.54. The van der Waals surface area contributed by atoms with Gasteiger partial charge in [-0.3, -0.25) is 0 Å². The van der Waals surface area contributed by atoms with Crippen LogP contribution in [0.25, 0.3) is 0 Å². The highest BCUT2D eigenvalue weighted by molar-refractivity contribution is 4.97. The summed E-state index contributed by atoms with van der Waals surface area (Å²) in [6, 6.07) is 0. The van der Waals surface area contributed by atoms with Crippen LogP contribution in [0.15, 0.2) is 0 Å². The number of aliphatic hydroxyl groups is 1. The fraction of sp³-hybridized carbons (Fsp3) is 1.00. The maximum Gasteiger partial charge on any atom is 0.423 e. The Morgan fingerprint density at radius 2 is 1.81 bits per heavy atom. The van der Waals surface area contributed by atoms with Crippen molar-refractivity contribution in [3.05, 3.63) is 0 Å². The third kappa shape index (κ3) is 5.00. The second-order valence-electron chi connectivity index (χ2n) is 5.33. The molecular formula is C12H19F6NO2. The summed E-state index contributed by atoms with van der Waals surface area (Å²) in [5, 5.41) is 12.3. The molecule has 0 amide bonds. The van der Waals surface area contributed by atoms with Crippen molar-refractivity contribution >= 4 is 0 Å². The summed E-state index contributed by atoms with van der Waals surface area (Å²) in [7, 11) is 0. The number of alkyl halides is 6. The van der Waals surface area contributed by atoms with Gasteiger partial charge in [-0.2, -0.15) is 26.3 Å². The zero-order chi connectivity index (χ0) is 16.3. The van der Waals surface area contributed by atoms with E-state index in [2.05, 4.69) is 10.1 Å². The number of aliphatic hydroxyl groups excluding tert-OH is 1. The van der Waals surface area contributed by atoms with E-state index in [1.807, 2.05) is 6.92 Å². The Labute approximate surface area is 118 Å². The van der Waals surface area contributed by atoms with Crippen molar-refractivity contribution in [2.45, 2.75) is 62.7 Å². The van der Waals surface area contributed by atoms with Gasteiger partial charge in [0, 0.05) is 5.54 Å². The number of rotatable bonds is 6. The van der Waals surface area contributed by atoms with Gasteiger partial charge in [-0.25, -0.2) is 0 Å². The first-order valence-electron chi connectivity index (χ1n) is 6.69. The van der Waals surface area contributed by atoms with Crippen LogP contribution in [0.4, 0.5) is 26.3 Å². The first kappa shape index (κ1) is 18.5. The lowest BCUT2D eigenvalue weighted by Gasteiger charge is -2.30. The second-order valence-corrected chi connectivity index (χ2v) is 5.33. The average molecular weight is 323 g/mol. The molecule has 0 aromatic heterocycles. The maximum absolute atomic E-state index is 12.4. The van der Waals surface area contributed by atoms with Gasteiger partial charge in [-0.05, 0) is 32.2 Å². The molecule has 0 aliphatic heterocycles. The molecule has 0 bridgehead atoms. The SMILES string of the molecule is CCCNC1(CO)CCC(OC(C(F)(F)F)C(F)(F)F)C1. The number of ether oxygens (including phenoxy) is 1. The Kier molecular flexibility index (Phi) is 5.91. The largest absolute Gasteiger partial charge is 0.423 e. The Balaban J connectivity index is 2.71. The van der Waals surface area contributed by atoms with Crippen molar-refractivity contribution in [1.29, 1.82) is 0 Å². The topological polar surface area (TPSA) is 41.5 Å². The minimum atomic E-state index is -5.50. The first-order chi connectivity index (χ1) is 9.54. The molecule has 0 heterocycles. The van der Waals surface area contributed by atoms with Gasteiger partial charge in [0.25, 0.3) is 0 Å². The number of hydrogen-bond acceptors (Lipinski definition) is 3. The predicted molar refractivity (Wildman–Crippen MR) is 62.7 cm³/mol. The molecule has 126 valence electrons. The highest BCUT2D eigenvalue weighted by Crippen LogP contribution is 2.40. The summed E-state index contributed by atoms with van der Waals surface area (Å²) in [6.45, 7) is 2.04. The van der Waals surface area contributed by atoms with Crippen LogP contribution >= 0.6 is 0 Å². The van der Waals surface area contributed by atoms with Crippen LogP contribution < -0.4 is 5.32 Å². The van der Waals surface area contributed by atoms with Gasteiger partial charge < -0.3 is 15.2 Å². The van der Waals surface area contributed by atoms with Crippen molar-refractivity contribution in [2.75, 3.05) is 13.2 Å². The molecule has 21 heavy (non-hydrogen) atoms. The van der Waals surface area contributed by atoms with Gasteiger partial charge >= 0.3 is 12.4 Å². The highest BCUT2D eigenvalue weighted by Gasteiger charge is 2.59. The van der Waals surface area contributed by atoms with E-state index in [-0.39, 0.29) is 25.9 Å². The fourth-order valence-corrected chi connectivity index (χ4v) is 2.48. The molecule has 0 radical (unpaired) electrons. The molecular weight excluding hydrogens is 304 g/mol. The average Bonchev–Trinajstić information content (AvgIpc) is 2.75. The molecule has 9 heteroatoms. The molecule has 1 aliphatic carbocycles. The van der Waals surface area contributed by atoms with Gasteiger partial charge in [0.15, 0.2) is 0 Å². The van der Waals surface area contributed by atoms with Gasteiger partial charge in [-0.15, -0.1) is 0 Å². The quantitative estimate of drug-likeness (QED) is 0.739. The zero-order valence-electron chi connectivity index (χ0n) is 11.5. The standard InChI is InChI=1S/C12H19F6NO2/c1-2-5-19-10(7-20)4-3-8(6-10)21-9(11(13,14)15)12(16,17)18/h8-9,19-20H,2-7H2,1H3. The Bertz CT molecular complexity index is 319. The molecule has 1 fully saturated rings. The van der Waals surface area contributed by atoms with Crippen LogP contribution in [0, 0.1) is 0 Å². The molecule has 0 aromatic rings. The lowest BCUT2D eigenvalue weighted by atomic mass is 9.98. The predicted octanol–water partition coefficient (Wildman–Crippen LogP) is 2.78. The van der Waals surface area contributed by atoms with Gasteiger partial charge in [0.1, 0.15) is 0 Å². The molecule has 0 aromatic carbocycles. The van der Waals surface area contributed by atoms with Crippen LogP contribution in [0.5, 0.6) is 0 Å². The van der Waals surface area contributed by atoms with Crippen molar-refractivity contribution in [3.8, 4) is 0 Å². The molecule has 1 aliphatic rings. The number of halogens is 6. The fourth-order valence-electron chi connectivity index (χ4n) is 2.48. The zero-order valence-corrected chi connectivity index (χ0v) is 11.5. The molecule has 2 N–H and O–H groups in total. The van der Waals surface area contributed by atoms with Crippen LogP contribution in [0.2, 0.25) is 0 Å². The third-order valence-corrected chi connectivity index (χ3v) is 3.54. The first-order valence-corrected chi connectivity index (χ1v) is 6.69. The summed E-state index contributed by atoms with van der Waals surface area (Å²) < 4.78 is 78.9. The van der Waals surface area contributed by atoms with E-state index >= 15 is 0 Å². The normalized spacial score (nSPS) is 27.6. The Morgan fingerprint density at radius 1 is 1.24 bits per heavy atom. The smallest absolute Gasteiger partial charge is 0.394 e. The van der Waals surface area contributed by atoms with Gasteiger partial charge in [0.2, 0.25) is 6.10 Å². The van der Waals surface area contributed by atoms with Crippen molar-refractivity contribution in [1.82, 2.24) is 5.32 Å². The molecule has 0 saturated heterocycles. The van der Waals surface area contributed by atoms with Crippen LogP contribution in [-0.2, 0) is 4.74 Å². The van der Waals surface area contributed by atoms with E-state index < -0.39 is 30.1 Å². The van der Waals surface area contributed by atoms with Crippen molar-refractivity contribution < 1.29 is 36.2 Å². The van der Waals surface area contributed by atoms with E-state index in [0.717, 1.165) is 6.42 Å². The second kappa shape index (κ2) is 6.70. The summed E-state index contributed by atoms with van der Waals surface area (Å²) >= 11 is 0. The van der Waals surface area contributed by atoms with E-state index in [9.17, 15) is 31.4 Å². The van der Waals surface area contributed by atoms with Crippen LogP contribution in [-0.4, -0.2) is 48.4 Å². The lowest BCUT2D eigenvalue weighted by molar-refractivity contribution is -0.330. The van der Waals surface area contributed by atoms with Crippen molar-refractivity contribution in [3.63, 3.8) is 0 Å². The van der Waals surface area contributed by atoms with E-state index in [1.165, 1.54) is 0 Å². The van der Waals surface area contributed by atoms with E-state index in [0.29, 0.717) is 6.54 Å². The minimum Gasteiger partial charge on any atom is -0.394 e. The summed E-state index contributed by atoms with van der Waals surface area (Å²) in [6.07, 6.45) is -15.0.